The van der Waals surface area contributed by atoms with Gasteiger partial charge in [0.05, 0.1) is 12.1 Å². The molecule has 1 heterocycles. The maximum atomic E-state index is 13.2. The molecule has 1 aromatic rings. The number of alkyl halides is 2. The molecular weight excluding hydrogens is 372 g/mol. The maximum Gasteiger partial charge on any atom is 0.252 e. The fourth-order valence-electron chi connectivity index (χ4n) is 3.04. The van der Waals surface area contributed by atoms with Crippen molar-refractivity contribution in [3.63, 3.8) is 0 Å². The monoisotopic (exact) mass is 393 g/mol. The quantitative estimate of drug-likeness (QED) is 0.445. The Bertz CT molecular complexity index is 823. The van der Waals surface area contributed by atoms with Crippen LogP contribution in [0.3, 0.4) is 0 Å². The van der Waals surface area contributed by atoms with Crippen LogP contribution < -0.4 is 0 Å². The first-order valence-corrected chi connectivity index (χ1v) is 9.07. The van der Waals surface area contributed by atoms with E-state index in [0.717, 1.165) is 16.7 Å². The zero-order valence-corrected chi connectivity index (χ0v) is 16.0. The Morgan fingerprint density at radius 3 is 2.48 bits per heavy atom. The maximum absolute atomic E-state index is 13.2. The molecule has 3 rings (SSSR count). The summed E-state index contributed by atoms with van der Waals surface area (Å²) in [6.07, 6.45) is 3.61. The van der Waals surface area contributed by atoms with Crippen molar-refractivity contribution in [3.8, 4) is 0 Å². The minimum Gasteiger partial charge on any atom is -0.386 e. The van der Waals surface area contributed by atoms with Crippen molar-refractivity contribution in [1.29, 1.82) is 0 Å². The molecule has 0 radical (unpaired) electrons. The molecular formula is C20H22ClF2N3O. The summed E-state index contributed by atoms with van der Waals surface area (Å²) < 4.78 is 26.5. The number of allylic oxidation sites excluding steroid dienone is 2. The first-order valence-electron chi connectivity index (χ1n) is 8.69. The van der Waals surface area contributed by atoms with Crippen molar-refractivity contribution in [1.82, 2.24) is 4.90 Å². The molecule has 1 aliphatic heterocycles. The van der Waals surface area contributed by atoms with Crippen molar-refractivity contribution in [2.45, 2.75) is 38.2 Å². The fraction of sp³-hybridized carbons (Fsp3) is 0.400. The molecule has 0 spiro atoms. The van der Waals surface area contributed by atoms with Gasteiger partial charge in [0.15, 0.2) is 0 Å². The molecule has 0 saturated heterocycles. The van der Waals surface area contributed by atoms with Gasteiger partial charge in [-0.15, -0.1) is 5.10 Å². The van der Waals surface area contributed by atoms with Gasteiger partial charge in [0.25, 0.3) is 5.92 Å². The van der Waals surface area contributed by atoms with E-state index in [0.29, 0.717) is 17.4 Å². The molecule has 144 valence electrons. The molecule has 1 N–H and O–H groups in total. The van der Waals surface area contributed by atoms with E-state index in [1.807, 2.05) is 30.3 Å². The fourth-order valence-corrected chi connectivity index (χ4v) is 3.34. The number of rotatable bonds is 5. The highest BCUT2D eigenvalue weighted by Crippen LogP contribution is 2.51. The minimum absolute atomic E-state index is 0.122. The van der Waals surface area contributed by atoms with Gasteiger partial charge in [-0.1, -0.05) is 35.9 Å². The van der Waals surface area contributed by atoms with E-state index in [1.165, 1.54) is 0 Å². The van der Waals surface area contributed by atoms with Gasteiger partial charge in [-0.25, -0.2) is 8.78 Å². The summed E-state index contributed by atoms with van der Waals surface area (Å²) in [5.41, 5.74) is 1.65. The highest BCUT2D eigenvalue weighted by atomic mass is 35.5. The molecule has 1 aliphatic carbocycles. The molecule has 27 heavy (non-hydrogen) atoms. The second-order valence-corrected chi connectivity index (χ2v) is 7.88. The highest BCUT2D eigenvalue weighted by molar-refractivity contribution is 6.33. The van der Waals surface area contributed by atoms with Crippen LogP contribution in [0.4, 0.5) is 8.78 Å². The zero-order chi connectivity index (χ0) is 19.8. The molecule has 7 heteroatoms. The van der Waals surface area contributed by atoms with E-state index in [-0.39, 0.29) is 12.8 Å². The summed E-state index contributed by atoms with van der Waals surface area (Å²) in [5.74, 6) is -2.89. The summed E-state index contributed by atoms with van der Waals surface area (Å²) in [7, 11) is 0. The van der Waals surface area contributed by atoms with Crippen LogP contribution in [-0.2, 0) is 5.60 Å². The first kappa shape index (κ1) is 19.7. The topological polar surface area (TPSA) is 48.2 Å². The van der Waals surface area contributed by atoms with E-state index >= 15 is 0 Å². The van der Waals surface area contributed by atoms with Gasteiger partial charge in [-0.3, -0.25) is 0 Å². The average Bonchev–Trinajstić information content (AvgIpc) is 3.20. The molecule has 1 unspecified atom stereocenters. The average molecular weight is 394 g/mol. The van der Waals surface area contributed by atoms with E-state index in [2.05, 4.69) is 16.9 Å². The van der Waals surface area contributed by atoms with Gasteiger partial charge >= 0.3 is 0 Å². The van der Waals surface area contributed by atoms with Gasteiger partial charge in [-0.05, 0) is 36.6 Å². The van der Waals surface area contributed by atoms with Gasteiger partial charge in [0.1, 0.15) is 5.84 Å². The van der Waals surface area contributed by atoms with Crippen LogP contribution >= 0.6 is 11.6 Å². The molecule has 2 aliphatic rings. The standard InChI is InChI=1S/C20H22ClF2N3O/c1-19(2,27)14-6-4-13(5-7-14)16-8-9-26(12-17(16)21)18(25-24-3)10-15-11-20(15,22)23/h4-9,15,27H,3,10-12H2,1-2H3/b25-18-. The second kappa shape index (κ2) is 7.17. The van der Waals surface area contributed by atoms with Gasteiger partial charge in [0.2, 0.25) is 0 Å². The predicted octanol–water partition coefficient (Wildman–Crippen LogP) is 4.75. The Morgan fingerprint density at radius 1 is 1.37 bits per heavy atom. The molecule has 1 saturated carbocycles. The summed E-state index contributed by atoms with van der Waals surface area (Å²) in [6, 6.07) is 7.51. The number of hydrogen-bond donors (Lipinski definition) is 1. The summed E-state index contributed by atoms with van der Waals surface area (Å²) in [6.45, 7) is 7.11. The van der Waals surface area contributed by atoms with Crippen LogP contribution in [0.2, 0.25) is 0 Å². The third kappa shape index (κ3) is 4.45. The number of hydrogen-bond acceptors (Lipinski definition) is 3. The molecule has 1 aromatic carbocycles. The predicted molar refractivity (Wildman–Crippen MR) is 105 cm³/mol. The number of aliphatic hydroxyl groups is 1. The number of halogens is 3. The smallest absolute Gasteiger partial charge is 0.252 e. The van der Waals surface area contributed by atoms with Crippen LogP contribution in [-0.4, -0.2) is 35.0 Å². The van der Waals surface area contributed by atoms with Gasteiger partial charge in [-0.2, -0.15) is 5.10 Å². The van der Waals surface area contributed by atoms with Crippen LogP contribution in [0.15, 0.2) is 51.8 Å². The van der Waals surface area contributed by atoms with Crippen molar-refractivity contribution in [2.75, 3.05) is 6.54 Å². The van der Waals surface area contributed by atoms with Crippen molar-refractivity contribution >= 4 is 29.7 Å². The van der Waals surface area contributed by atoms with Crippen molar-refractivity contribution in [2.24, 2.45) is 16.1 Å². The zero-order valence-electron chi connectivity index (χ0n) is 15.3. The van der Waals surface area contributed by atoms with E-state index in [4.69, 9.17) is 11.6 Å². The van der Waals surface area contributed by atoms with Crippen LogP contribution in [0.5, 0.6) is 0 Å². The summed E-state index contributed by atoms with van der Waals surface area (Å²) in [4.78, 5) is 1.72. The van der Waals surface area contributed by atoms with E-state index in [9.17, 15) is 13.9 Å². The third-order valence-corrected chi connectivity index (χ3v) is 5.15. The SMILES string of the molecule is C=N/N=C(/CC1CC1(F)F)N1C=CC(c2ccc(C(C)(C)O)cc2)=C(Cl)C1. The summed E-state index contributed by atoms with van der Waals surface area (Å²) in [5, 5.41) is 18.1. The molecule has 0 aromatic heterocycles. The normalized spacial score (nSPS) is 22.2. The van der Waals surface area contributed by atoms with E-state index < -0.39 is 17.4 Å². The number of amidine groups is 1. The molecule has 4 nitrogen and oxygen atoms in total. The largest absolute Gasteiger partial charge is 0.386 e. The summed E-state index contributed by atoms with van der Waals surface area (Å²) >= 11 is 6.48. The van der Waals surface area contributed by atoms with Crippen LogP contribution in [0.1, 0.15) is 37.8 Å². The Labute approximate surface area is 162 Å². The van der Waals surface area contributed by atoms with Crippen molar-refractivity contribution in [3.05, 3.63) is 52.7 Å². The Balaban J connectivity index is 1.76. The molecule has 0 amide bonds. The number of nitrogens with zero attached hydrogens (tertiary/aromatic N) is 3. The lowest BCUT2D eigenvalue weighted by atomic mass is 9.95. The van der Waals surface area contributed by atoms with Crippen LogP contribution in [0.25, 0.3) is 5.57 Å². The molecule has 1 atom stereocenters. The van der Waals surface area contributed by atoms with Gasteiger partial charge < -0.3 is 10.0 Å². The first-order chi connectivity index (χ1) is 12.6. The highest BCUT2D eigenvalue weighted by Gasteiger charge is 2.57. The number of benzene rings is 1. The molecule has 0 bridgehead atoms. The minimum atomic E-state index is -2.62. The Morgan fingerprint density at radius 2 is 2.00 bits per heavy atom. The van der Waals surface area contributed by atoms with Crippen molar-refractivity contribution < 1.29 is 13.9 Å². The van der Waals surface area contributed by atoms with Crippen LogP contribution in [0, 0.1) is 5.92 Å². The van der Waals surface area contributed by atoms with E-state index in [1.54, 1.807) is 24.9 Å². The lowest BCUT2D eigenvalue weighted by molar-refractivity contribution is 0.0786. The Kier molecular flexibility index (Phi) is 5.23. The third-order valence-electron chi connectivity index (χ3n) is 4.83. The van der Waals surface area contributed by atoms with Gasteiger partial charge in [0, 0.05) is 36.7 Å². The lowest BCUT2D eigenvalue weighted by Gasteiger charge is -2.26. The lowest BCUT2D eigenvalue weighted by Crippen LogP contribution is -2.30. The second-order valence-electron chi connectivity index (χ2n) is 7.42. The Hall–Kier alpha value is -2.05. The molecule has 1 fully saturated rings.